The summed E-state index contributed by atoms with van der Waals surface area (Å²) in [6, 6.07) is 11.6. The lowest BCUT2D eigenvalue weighted by Crippen LogP contribution is -2.30. The number of aromatic nitrogens is 3. The third-order valence-corrected chi connectivity index (χ3v) is 7.39. The van der Waals surface area contributed by atoms with Crippen LogP contribution in [0.2, 0.25) is 5.02 Å². The van der Waals surface area contributed by atoms with Gasteiger partial charge in [0, 0.05) is 34.9 Å². The molecular weight excluding hydrogens is 558 g/mol. The topological polar surface area (TPSA) is 134 Å². The summed E-state index contributed by atoms with van der Waals surface area (Å²) in [7, 11) is -3.74. The van der Waals surface area contributed by atoms with E-state index in [0.29, 0.717) is 59.0 Å². The smallest absolute Gasteiger partial charge is 0.264 e. The van der Waals surface area contributed by atoms with E-state index in [4.69, 9.17) is 30.3 Å². The second-order valence-corrected chi connectivity index (χ2v) is 11.7. The number of hydrogen-bond donors (Lipinski definition) is 1. The number of aryl methyl sites for hydroxylation is 1. The molecule has 1 fully saturated rings. The van der Waals surface area contributed by atoms with Gasteiger partial charge in [-0.2, -0.15) is 8.42 Å². The van der Waals surface area contributed by atoms with Crippen LogP contribution in [0.5, 0.6) is 0 Å². The normalized spacial score (nSPS) is 18.8. The lowest BCUT2D eigenvalue weighted by atomic mass is 9.98. The number of aliphatic imine (C=N–C) groups is 1. The summed E-state index contributed by atoms with van der Waals surface area (Å²) in [5.41, 5.74) is 3.03. The molecule has 40 heavy (non-hydrogen) atoms. The van der Waals surface area contributed by atoms with Crippen molar-refractivity contribution in [1.82, 2.24) is 20.1 Å². The fourth-order valence-electron chi connectivity index (χ4n) is 4.67. The highest BCUT2D eigenvalue weighted by molar-refractivity contribution is 7.85. The van der Waals surface area contributed by atoms with E-state index < -0.39 is 16.2 Å². The Morgan fingerprint density at radius 3 is 2.70 bits per heavy atom. The highest BCUT2D eigenvalue weighted by Gasteiger charge is 2.30. The molecule has 2 atom stereocenters. The molecule has 2 aliphatic rings. The minimum Gasteiger partial charge on any atom is -0.353 e. The molecule has 2 aromatic carbocycles. The van der Waals surface area contributed by atoms with Gasteiger partial charge in [0.05, 0.1) is 30.9 Å². The molecule has 13 heteroatoms. The zero-order valence-electron chi connectivity index (χ0n) is 22.2. The summed E-state index contributed by atoms with van der Waals surface area (Å²) >= 11 is 6.14. The summed E-state index contributed by atoms with van der Waals surface area (Å²) < 4.78 is 41.9. The fraction of sp³-hybridized carbons (Fsp3) is 0.407. The fourth-order valence-corrected chi connectivity index (χ4v) is 5.18. The van der Waals surface area contributed by atoms with Crippen LogP contribution in [0, 0.1) is 6.92 Å². The first-order valence-corrected chi connectivity index (χ1v) is 15.2. The second-order valence-electron chi connectivity index (χ2n) is 9.58. The molecule has 1 unspecified atom stereocenters. The molecule has 5 rings (SSSR count). The number of nitrogens with zero attached hydrogens (tertiary/aromatic N) is 4. The van der Waals surface area contributed by atoms with Crippen molar-refractivity contribution in [3.63, 3.8) is 0 Å². The van der Waals surface area contributed by atoms with Crippen molar-refractivity contribution in [3.8, 4) is 5.69 Å². The first kappa shape index (κ1) is 28.4. The van der Waals surface area contributed by atoms with E-state index in [1.54, 1.807) is 35.8 Å². The van der Waals surface area contributed by atoms with Crippen molar-refractivity contribution in [3.05, 3.63) is 75.8 Å². The molecule has 0 aliphatic carbocycles. The van der Waals surface area contributed by atoms with Gasteiger partial charge in [-0.15, -0.1) is 10.2 Å². The van der Waals surface area contributed by atoms with Crippen LogP contribution in [-0.2, 0) is 23.8 Å². The number of ether oxygens (including phenoxy) is 2. The van der Waals surface area contributed by atoms with Gasteiger partial charge in [0.1, 0.15) is 11.9 Å². The average molecular weight is 588 g/mol. The van der Waals surface area contributed by atoms with E-state index in [1.807, 2.05) is 18.2 Å². The summed E-state index contributed by atoms with van der Waals surface area (Å²) in [6.45, 7) is 2.88. The van der Waals surface area contributed by atoms with E-state index in [1.165, 1.54) is 0 Å². The minimum absolute atomic E-state index is 0.225. The first-order chi connectivity index (χ1) is 19.2. The summed E-state index contributed by atoms with van der Waals surface area (Å²) in [4.78, 5) is 18.0. The third-order valence-electron chi connectivity index (χ3n) is 6.57. The Hall–Kier alpha value is -3.16. The van der Waals surface area contributed by atoms with E-state index in [0.717, 1.165) is 31.1 Å². The van der Waals surface area contributed by atoms with Gasteiger partial charge in [0.25, 0.3) is 16.0 Å². The third kappa shape index (κ3) is 6.58. The summed E-state index contributed by atoms with van der Waals surface area (Å²) in [5.74, 6) is 0.728. The van der Waals surface area contributed by atoms with Gasteiger partial charge in [0.2, 0.25) is 0 Å². The van der Waals surface area contributed by atoms with Gasteiger partial charge in [-0.3, -0.25) is 18.5 Å². The van der Waals surface area contributed by atoms with Crippen molar-refractivity contribution in [2.24, 2.45) is 4.99 Å². The summed E-state index contributed by atoms with van der Waals surface area (Å²) in [5, 5.41) is 12.0. The molecule has 1 saturated heterocycles. The van der Waals surface area contributed by atoms with Crippen molar-refractivity contribution >= 4 is 33.3 Å². The van der Waals surface area contributed by atoms with Crippen LogP contribution >= 0.6 is 11.6 Å². The number of hydrogen-bond acceptors (Lipinski definition) is 9. The van der Waals surface area contributed by atoms with Crippen LogP contribution in [0.25, 0.3) is 5.69 Å². The number of nitrogens with one attached hydrogen (secondary N) is 1. The Morgan fingerprint density at radius 1 is 1.18 bits per heavy atom. The molecule has 0 saturated carbocycles. The van der Waals surface area contributed by atoms with Gasteiger partial charge in [-0.25, -0.2) is 0 Å². The van der Waals surface area contributed by atoms with E-state index >= 15 is 0 Å². The predicted molar refractivity (Wildman–Crippen MR) is 149 cm³/mol. The Balaban J connectivity index is 1.48. The predicted octanol–water partition coefficient (Wildman–Crippen LogP) is 3.37. The van der Waals surface area contributed by atoms with Crippen LogP contribution < -0.4 is 5.32 Å². The van der Waals surface area contributed by atoms with Crippen molar-refractivity contribution in [1.29, 1.82) is 0 Å². The Bertz CT molecular complexity index is 1520. The largest absolute Gasteiger partial charge is 0.353 e. The number of carbonyl (C=O) groups excluding carboxylic acids is 1. The van der Waals surface area contributed by atoms with Crippen LogP contribution in [-0.4, -0.2) is 73.7 Å². The van der Waals surface area contributed by atoms with Gasteiger partial charge >= 0.3 is 0 Å². The molecule has 1 N–H and O–H groups in total. The van der Waals surface area contributed by atoms with Crippen molar-refractivity contribution in [2.45, 2.75) is 38.5 Å². The van der Waals surface area contributed by atoms with Gasteiger partial charge in [0.15, 0.2) is 12.1 Å². The number of rotatable bonds is 9. The number of halogens is 1. The molecular formula is C27H30ClN5O6S. The maximum Gasteiger partial charge on any atom is 0.264 e. The Morgan fingerprint density at radius 2 is 1.98 bits per heavy atom. The van der Waals surface area contributed by atoms with Crippen molar-refractivity contribution in [2.75, 3.05) is 32.6 Å². The molecule has 0 radical (unpaired) electrons. The number of carbonyl (C=O) groups is 1. The molecule has 0 bridgehead atoms. The standard InChI is InChI=1S/C27H30ClN5O6S/c1-17-31-32-26-22(16-39-40(2,35)36)30-25(18-6-9-20(28)10-7-18)21-15-19(8-11-23(21)33(17)26)27(34)29-12-14-38-24-5-3-4-13-37-24/h6-11,15,22,24H,3-5,12-14,16H2,1-2H3,(H,29,34)/t22-,24?/m0/s1. The van der Waals surface area contributed by atoms with Gasteiger partial charge in [-0.1, -0.05) is 23.7 Å². The summed E-state index contributed by atoms with van der Waals surface area (Å²) in [6.07, 6.45) is 3.72. The lowest BCUT2D eigenvalue weighted by Gasteiger charge is -2.22. The lowest BCUT2D eigenvalue weighted by molar-refractivity contribution is -0.161. The Kier molecular flexibility index (Phi) is 8.62. The molecule has 3 heterocycles. The van der Waals surface area contributed by atoms with E-state index in [-0.39, 0.29) is 18.8 Å². The number of benzene rings is 2. The molecule has 0 spiro atoms. The zero-order valence-corrected chi connectivity index (χ0v) is 23.7. The highest BCUT2D eigenvalue weighted by Crippen LogP contribution is 2.32. The van der Waals surface area contributed by atoms with Gasteiger partial charge < -0.3 is 14.8 Å². The zero-order chi connectivity index (χ0) is 28.3. The van der Waals surface area contributed by atoms with Crippen LogP contribution in [0.4, 0.5) is 0 Å². The molecule has 212 valence electrons. The maximum atomic E-state index is 13.1. The number of amides is 1. The SMILES string of the molecule is Cc1nnc2n1-c1ccc(C(=O)NCCOC3CCCCO3)cc1C(c1ccc(Cl)cc1)=N[C@H]2COS(C)(=O)=O. The quantitative estimate of drug-likeness (QED) is 0.297. The van der Waals surface area contributed by atoms with Crippen LogP contribution in [0.1, 0.15) is 58.4 Å². The molecule has 2 aliphatic heterocycles. The molecule has 1 amide bonds. The van der Waals surface area contributed by atoms with E-state index in [2.05, 4.69) is 15.5 Å². The van der Waals surface area contributed by atoms with E-state index in [9.17, 15) is 13.2 Å². The minimum atomic E-state index is -3.74. The monoisotopic (exact) mass is 587 g/mol. The number of fused-ring (bicyclic) bond motifs is 3. The molecule has 11 nitrogen and oxygen atoms in total. The maximum absolute atomic E-state index is 13.1. The van der Waals surface area contributed by atoms with Crippen molar-refractivity contribution < 1.29 is 26.9 Å². The Labute approximate surface area is 237 Å². The molecule has 3 aromatic rings. The molecule has 1 aromatic heterocycles. The highest BCUT2D eigenvalue weighted by atomic mass is 35.5. The second kappa shape index (κ2) is 12.1. The van der Waals surface area contributed by atoms with Crippen LogP contribution in [0.3, 0.4) is 0 Å². The van der Waals surface area contributed by atoms with Gasteiger partial charge in [-0.05, 0) is 56.5 Å². The first-order valence-electron chi connectivity index (χ1n) is 13.0. The van der Waals surface area contributed by atoms with Crippen LogP contribution in [0.15, 0.2) is 47.5 Å². The average Bonchev–Trinajstić information content (AvgIpc) is 3.25.